The maximum absolute atomic E-state index is 2.77. The van der Waals surface area contributed by atoms with Gasteiger partial charge in [0.2, 0.25) is 0 Å². The molecule has 13 rings (SSSR count). The van der Waals surface area contributed by atoms with Gasteiger partial charge in [0.25, 0.3) is 6.71 Å². The number of nitrogens with zero attached hydrogens (tertiary/aromatic N) is 2. The summed E-state index contributed by atoms with van der Waals surface area (Å²) in [6.07, 6.45) is 7.07. The Morgan fingerprint density at radius 3 is 1.47 bits per heavy atom. The van der Waals surface area contributed by atoms with Gasteiger partial charge in [-0.3, -0.25) is 0 Å². The van der Waals surface area contributed by atoms with Gasteiger partial charge >= 0.3 is 0 Å². The molecule has 0 saturated heterocycles. The molecule has 0 N–H and O–H groups in total. The van der Waals surface area contributed by atoms with Crippen LogP contribution in [-0.4, -0.2) is 6.71 Å². The Hall–Kier alpha value is -5.58. The minimum absolute atomic E-state index is 0.00306. The van der Waals surface area contributed by atoms with Gasteiger partial charge in [0.15, 0.2) is 0 Å². The number of hydrogen-bond acceptors (Lipinski definition) is 3. The highest BCUT2D eigenvalue weighted by atomic mass is 32.1. The quantitative estimate of drug-likeness (QED) is 0.163. The molecular formula is C74H85BN2S. The minimum Gasteiger partial charge on any atom is -0.311 e. The highest BCUT2D eigenvalue weighted by Gasteiger charge is 2.50. The summed E-state index contributed by atoms with van der Waals surface area (Å²) < 4.78 is 1.41. The van der Waals surface area contributed by atoms with E-state index in [0.717, 1.165) is 6.42 Å². The van der Waals surface area contributed by atoms with Crippen LogP contribution in [0, 0.1) is 0 Å². The van der Waals surface area contributed by atoms with E-state index in [9.17, 15) is 0 Å². The lowest BCUT2D eigenvalue weighted by Crippen LogP contribution is -2.61. The molecule has 5 aliphatic rings. The average molecular weight is 1050 g/mol. The van der Waals surface area contributed by atoms with E-state index in [1.807, 2.05) is 0 Å². The van der Waals surface area contributed by atoms with Gasteiger partial charge in [0, 0.05) is 33.1 Å². The third-order valence-corrected chi connectivity index (χ3v) is 21.9. The van der Waals surface area contributed by atoms with Crippen molar-refractivity contribution in [1.82, 2.24) is 0 Å². The summed E-state index contributed by atoms with van der Waals surface area (Å²) in [5.74, 6) is 0. The molecule has 2 aliphatic heterocycles. The summed E-state index contributed by atoms with van der Waals surface area (Å²) in [4.78, 5) is 5.54. The predicted molar refractivity (Wildman–Crippen MR) is 342 cm³/mol. The van der Waals surface area contributed by atoms with E-state index in [1.165, 1.54) is 158 Å². The van der Waals surface area contributed by atoms with Crippen LogP contribution < -0.4 is 26.2 Å². The van der Waals surface area contributed by atoms with Gasteiger partial charge in [-0.1, -0.05) is 179 Å². The Morgan fingerprint density at radius 1 is 0.397 bits per heavy atom. The third kappa shape index (κ3) is 7.81. The second-order valence-corrected chi connectivity index (χ2v) is 32.1. The monoisotopic (exact) mass is 1040 g/mol. The Labute approximate surface area is 473 Å². The summed E-state index contributed by atoms with van der Waals surface area (Å²) in [6.45, 7) is 44.4. The standard InChI is InChI=1S/C74H85BN2S/c1-67(2,3)48-36-49(68(4,5)6)38-51(37-48)76-60-42-57-56(72(13,14)30-31-73(57,15)16)41-59(60)75-64-52-40-55-58(74(17,18)32-29-71(55,11)12)43-63(52)78-66(64)77(50-25-26-53-54(39-50)70(9,10)28-27-69(53,7)8)62-35-47(34-61(76)65(62)75)46-24-23-44-21-19-20-22-45(44)33-46/h19-26,33-43H,27-32H2,1-18H3. The van der Waals surface area contributed by atoms with Crippen molar-refractivity contribution in [3.8, 4) is 11.1 Å². The lowest BCUT2D eigenvalue weighted by atomic mass is 9.33. The van der Waals surface area contributed by atoms with Crippen molar-refractivity contribution in [1.29, 1.82) is 0 Å². The average Bonchev–Trinajstić information content (AvgIpc) is 3.16. The molecule has 78 heavy (non-hydrogen) atoms. The Kier molecular flexibility index (Phi) is 11.0. The topological polar surface area (TPSA) is 6.48 Å². The number of anilines is 6. The zero-order valence-electron chi connectivity index (χ0n) is 50.6. The van der Waals surface area contributed by atoms with Gasteiger partial charge in [0.05, 0.1) is 5.00 Å². The van der Waals surface area contributed by atoms with Crippen molar-refractivity contribution in [2.45, 2.75) is 206 Å². The second kappa shape index (κ2) is 16.5. The van der Waals surface area contributed by atoms with Crippen molar-refractivity contribution in [3.63, 3.8) is 0 Å². The zero-order chi connectivity index (χ0) is 55.4. The van der Waals surface area contributed by atoms with Crippen molar-refractivity contribution in [3.05, 3.63) is 160 Å². The normalized spacial score (nSPS) is 19.9. The van der Waals surface area contributed by atoms with Crippen LogP contribution >= 0.6 is 11.3 Å². The fraction of sp³-hybridized carbons (Fsp3) is 0.432. The molecule has 400 valence electrons. The molecule has 0 radical (unpaired) electrons. The van der Waals surface area contributed by atoms with E-state index in [2.05, 4.69) is 261 Å². The van der Waals surface area contributed by atoms with Crippen LogP contribution in [0.5, 0.6) is 0 Å². The molecule has 7 aromatic carbocycles. The molecule has 0 saturated carbocycles. The number of rotatable bonds is 3. The first-order chi connectivity index (χ1) is 36.3. The van der Waals surface area contributed by atoms with Crippen LogP contribution in [0.3, 0.4) is 0 Å². The van der Waals surface area contributed by atoms with E-state index in [0.29, 0.717) is 0 Å². The molecular weight excluding hydrogens is 960 g/mol. The van der Waals surface area contributed by atoms with E-state index in [-0.39, 0.29) is 50.0 Å². The molecule has 0 amide bonds. The number of benzene rings is 7. The fourth-order valence-corrected chi connectivity index (χ4v) is 16.3. The Bertz CT molecular complexity index is 3820. The van der Waals surface area contributed by atoms with E-state index >= 15 is 0 Å². The molecule has 2 nitrogen and oxygen atoms in total. The Balaban J connectivity index is 1.22. The first-order valence-corrected chi connectivity index (χ1v) is 30.6. The highest BCUT2D eigenvalue weighted by Crippen LogP contribution is 2.56. The van der Waals surface area contributed by atoms with E-state index in [4.69, 9.17) is 0 Å². The summed E-state index contributed by atoms with van der Waals surface area (Å²) in [5.41, 5.74) is 25.3. The first-order valence-electron chi connectivity index (χ1n) is 29.7. The summed E-state index contributed by atoms with van der Waals surface area (Å²) in [7, 11) is 0. The lowest BCUT2D eigenvalue weighted by Gasteiger charge is -2.47. The van der Waals surface area contributed by atoms with Crippen LogP contribution in [-0.2, 0) is 43.3 Å². The molecule has 0 atom stereocenters. The van der Waals surface area contributed by atoms with Crippen LogP contribution in [0.1, 0.15) is 208 Å². The molecule has 0 unspecified atom stereocenters. The maximum atomic E-state index is 2.77. The van der Waals surface area contributed by atoms with Crippen molar-refractivity contribution < 1.29 is 0 Å². The number of hydrogen-bond donors (Lipinski definition) is 0. The van der Waals surface area contributed by atoms with Crippen LogP contribution in [0.4, 0.5) is 33.4 Å². The van der Waals surface area contributed by atoms with Crippen molar-refractivity contribution in [2.24, 2.45) is 0 Å². The minimum atomic E-state index is -0.0665. The second-order valence-electron chi connectivity index (χ2n) is 31.1. The van der Waals surface area contributed by atoms with Gasteiger partial charge in [-0.05, 0) is 231 Å². The van der Waals surface area contributed by atoms with Crippen molar-refractivity contribution >= 4 is 88.7 Å². The fourth-order valence-electron chi connectivity index (χ4n) is 15.0. The SMILES string of the molecule is CC(C)(C)c1cc(N2c3cc4c(cc3B3c5c2cc(-c2ccc6ccccc6c2)cc5N(c2ccc5c(c2)C(C)(C)CCC5(C)C)c2sc5cc6c(cc5c23)C(C)(C)CCC6(C)C)C(C)(C)CCC4(C)C)cc(C(C)(C)C)c1. The smallest absolute Gasteiger partial charge is 0.254 e. The van der Waals surface area contributed by atoms with Gasteiger partial charge in [-0.25, -0.2) is 0 Å². The molecule has 4 heteroatoms. The Morgan fingerprint density at radius 2 is 0.897 bits per heavy atom. The van der Waals surface area contributed by atoms with Gasteiger partial charge in [0.1, 0.15) is 0 Å². The maximum Gasteiger partial charge on any atom is 0.254 e. The number of fused-ring (bicyclic) bond motifs is 10. The first kappa shape index (κ1) is 51.8. The molecule has 3 aliphatic carbocycles. The van der Waals surface area contributed by atoms with Crippen molar-refractivity contribution in [2.75, 3.05) is 9.80 Å². The predicted octanol–water partition coefficient (Wildman–Crippen LogP) is 19.4. The lowest BCUT2D eigenvalue weighted by molar-refractivity contribution is 0.332. The highest BCUT2D eigenvalue weighted by molar-refractivity contribution is 7.26. The number of thiophene rings is 1. The van der Waals surface area contributed by atoms with E-state index in [1.54, 1.807) is 0 Å². The van der Waals surface area contributed by atoms with Crippen LogP contribution in [0.15, 0.2) is 115 Å². The summed E-state index contributed by atoms with van der Waals surface area (Å²) in [5, 5.41) is 5.34. The largest absolute Gasteiger partial charge is 0.311 e. The van der Waals surface area contributed by atoms with E-state index < -0.39 is 0 Å². The molecule has 0 spiro atoms. The van der Waals surface area contributed by atoms with Gasteiger partial charge in [-0.15, -0.1) is 11.3 Å². The molecule has 0 fully saturated rings. The van der Waals surface area contributed by atoms with Crippen LogP contribution in [0.25, 0.3) is 32.0 Å². The van der Waals surface area contributed by atoms with Gasteiger partial charge in [-0.2, -0.15) is 0 Å². The molecule has 0 bridgehead atoms. The molecule has 8 aromatic rings. The van der Waals surface area contributed by atoms with Gasteiger partial charge < -0.3 is 9.80 Å². The van der Waals surface area contributed by atoms with Crippen LogP contribution in [0.2, 0.25) is 0 Å². The summed E-state index contributed by atoms with van der Waals surface area (Å²) in [6, 6.07) is 47.4. The molecule has 1 aromatic heterocycles. The summed E-state index contributed by atoms with van der Waals surface area (Å²) >= 11 is 2.05. The third-order valence-electron chi connectivity index (χ3n) is 20.7. The zero-order valence-corrected chi connectivity index (χ0v) is 51.4. The molecule has 3 heterocycles.